The molecule has 0 bridgehead atoms. The Morgan fingerprint density at radius 2 is 1.76 bits per heavy atom. The van der Waals surface area contributed by atoms with Crippen LogP contribution in [0.25, 0.3) is 11.3 Å². The van der Waals surface area contributed by atoms with E-state index in [4.69, 9.17) is 9.97 Å². The third-order valence-electron chi connectivity index (χ3n) is 6.23. The second-order valence-electron chi connectivity index (χ2n) is 8.48. The van der Waals surface area contributed by atoms with Gasteiger partial charge in [0, 0.05) is 55.1 Å². The molecule has 2 fully saturated rings. The van der Waals surface area contributed by atoms with Crippen LogP contribution in [0.2, 0.25) is 0 Å². The van der Waals surface area contributed by atoms with E-state index in [1.54, 1.807) is 12.4 Å². The number of rotatable bonds is 5. The van der Waals surface area contributed by atoms with Gasteiger partial charge in [0.15, 0.2) is 0 Å². The average molecular weight is 443 g/mol. The molecule has 0 aliphatic carbocycles. The second kappa shape index (κ2) is 9.36. The summed E-state index contributed by atoms with van der Waals surface area (Å²) < 4.78 is 0. The molecule has 0 radical (unpaired) electrons. The van der Waals surface area contributed by atoms with E-state index in [1.807, 2.05) is 53.4 Å². The van der Waals surface area contributed by atoms with Crippen LogP contribution in [0.3, 0.4) is 0 Å². The summed E-state index contributed by atoms with van der Waals surface area (Å²) in [5, 5.41) is 6.17. The number of hydrogen-bond acceptors (Lipinski definition) is 6. The van der Waals surface area contributed by atoms with Crippen molar-refractivity contribution in [3.63, 3.8) is 0 Å². The van der Waals surface area contributed by atoms with Crippen LogP contribution in [-0.2, 0) is 9.59 Å². The topological polar surface area (TPSA) is 100 Å². The molecule has 2 aromatic heterocycles. The Morgan fingerprint density at radius 1 is 1.00 bits per heavy atom. The second-order valence-corrected chi connectivity index (χ2v) is 8.48. The van der Waals surface area contributed by atoms with E-state index in [-0.39, 0.29) is 23.8 Å². The number of anilines is 2. The minimum atomic E-state index is -0.373. The Hall–Kier alpha value is -3.81. The highest BCUT2D eigenvalue weighted by Gasteiger charge is 2.33. The van der Waals surface area contributed by atoms with Gasteiger partial charge in [-0.1, -0.05) is 18.2 Å². The van der Waals surface area contributed by atoms with Gasteiger partial charge in [-0.05, 0) is 43.5 Å². The number of amides is 2. The van der Waals surface area contributed by atoms with Crippen LogP contribution in [-0.4, -0.2) is 50.8 Å². The number of pyridine rings is 1. The lowest BCUT2D eigenvalue weighted by Gasteiger charge is -2.33. The van der Waals surface area contributed by atoms with Crippen molar-refractivity contribution < 1.29 is 9.59 Å². The molecule has 2 saturated heterocycles. The van der Waals surface area contributed by atoms with Crippen molar-refractivity contribution in [2.24, 2.45) is 0 Å². The number of para-hydroxylation sites is 1. The molecule has 33 heavy (non-hydrogen) atoms. The zero-order valence-corrected chi connectivity index (χ0v) is 18.3. The lowest BCUT2D eigenvalue weighted by Crippen LogP contribution is -2.47. The summed E-state index contributed by atoms with van der Waals surface area (Å²) in [6, 6.07) is 15.4. The quantitative estimate of drug-likeness (QED) is 0.629. The van der Waals surface area contributed by atoms with Crippen LogP contribution in [0, 0.1) is 0 Å². The number of benzene rings is 1. The van der Waals surface area contributed by atoms with E-state index in [9.17, 15) is 9.59 Å². The third-order valence-corrected chi connectivity index (χ3v) is 6.23. The zero-order valence-electron chi connectivity index (χ0n) is 18.3. The van der Waals surface area contributed by atoms with Crippen LogP contribution in [0.15, 0.2) is 60.9 Å². The predicted octanol–water partition coefficient (Wildman–Crippen LogP) is 3.27. The summed E-state index contributed by atoms with van der Waals surface area (Å²) >= 11 is 0. The monoisotopic (exact) mass is 442 g/mol. The maximum absolute atomic E-state index is 12.7. The van der Waals surface area contributed by atoms with E-state index in [0.717, 1.165) is 41.4 Å². The first-order chi connectivity index (χ1) is 16.2. The van der Waals surface area contributed by atoms with Crippen molar-refractivity contribution in [2.45, 2.75) is 37.6 Å². The fourth-order valence-electron chi connectivity index (χ4n) is 4.43. The standard InChI is InChI=1S/C25H26N6O2/c32-23-7-6-20(28-23)25(33)31-14-10-18(11-15-31)24-29-21(17-8-12-26-13-9-17)16-22(30-24)27-19-4-2-1-3-5-19/h1-5,8-9,12-13,16,18,20H,6-7,10-11,14-15H2,(H,28,32)(H,27,29,30). The maximum atomic E-state index is 12.7. The summed E-state index contributed by atoms with van der Waals surface area (Å²) in [7, 11) is 0. The van der Waals surface area contributed by atoms with E-state index < -0.39 is 0 Å². The Bertz CT molecular complexity index is 1130. The van der Waals surface area contributed by atoms with Crippen LogP contribution in [0.4, 0.5) is 11.5 Å². The highest BCUT2D eigenvalue weighted by atomic mass is 16.2. The Labute approximate surface area is 192 Å². The van der Waals surface area contributed by atoms with Gasteiger partial charge >= 0.3 is 0 Å². The SMILES string of the molecule is O=C1CCC(C(=O)N2CCC(c3nc(Nc4ccccc4)cc(-c4ccncc4)n3)CC2)N1. The molecule has 2 N–H and O–H groups in total. The molecule has 1 unspecified atom stereocenters. The number of nitrogens with zero attached hydrogens (tertiary/aromatic N) is 4. The van der Waals surface area contributed by atoms with Gasteiger partial charge in [0.1, 0.15) is 17.7 Å². The van der Waals surface area contributed by atoms with E-state index >= 15 is 0 Å². The number of piperidine rings is 1. The molecule has 168 valence electrons. The molecule has 3 aromatic rings. The van der Waals surface area contributed by atoms with Gasteiger partial charge in [0.05, 0.1) is 5.69 Å². The van der Waals surface area contributed by atoms with E-state index in [2.05, 4.69) is 15.6 Å². The molecule has 1 atom stereocenters. The smallest absolute Gasteiger partial charge is 0.245 e. The number of hydrogen-bond donors (Lipinski definition) is 2. The summed E-state index contributed by atoms with van der Waals surface area (Å²) in [6.07, 6.45) is 6.11. The first-order valence-electron chi connectivity index (χ1n) is 11.4. The predicted molar refractivity (Wildman–Crippen MR) is 125 cm³/mol. The van der Waals surface area contributed by atoms with Crippen LogP contribution in [0.5, 0.6) is 0 Å². The molecule has 2 amide bonds. The normalized spacial score (nSPS) is 18.7. The molecule has 2 aliphatic rings. The molecule has 0 spiro atoms. The highest BCUT2D eigenvalue weighted by molar-refractivity contribution is 5.90. The summed E-state index contributed by atoms with van der Waals surface area (Å²) in [6.45, 7) is 1.28. The Balaban J connectivity index is 1.35. The van der Waals surface area contributed by atoms with Crippen molar-refractivity contribution >= 4 is 23.3 Å². The van der Waals surface area contributed by atoms with E-state index in [1.165, 1.54) is 0 Å². The molecule has 8 heteroatoms. The number of carbonyl (C=O) groups excluding carboxylic acids is 2. The van der Waals surface area contributed by atoms with Crippen molar-refractivity contribution in [1.29, 1.82) is 0 Å². The average Bonchev–Trinajstić information content (AvgIpc) is 3.31. The number of carbonyl (C=O) groups is 2. The van der Waals surface area contributed by atoms with Crippen LogP contribution >= 0.6 is 0 Å². The van der Waals surface area contributed by atoms with Gasteiger partial charge in [-0.25, -0.2) is 9.97 Å². The minimum absolute atomic E-state index is 0.0252. The first kappa shape index (κ1) is 21.1. The van der Waals surface area contributed by atoms with Crippen LogP contribution < -0.4 is 10.6 Å². The zero-order chi connectivity index (χ0) is 22.6. The summed E-state index contributed by atoms with van der Waals surface area (Å²) in [5.74, 6) is 1.67. The molecule has 8 nitrogen and oxygen atoms in total. The summed E-state index contributed by atoms with van der Waals surface area (Å²) in [4.78, 5) is 39.9. The summed E-state index contributed by atoms with van der Waals surface area (Å²) in [5.41, 5.74) is 2.78. The molecule has 1 aromatic carbocycles. The largest absolute Gasteiger partial charge is 0.344 e. The van der Waals surface area contributed by atoms with Gasteiger partial charge in [0.2, 0.25) is 11.8 Å². The Morgan fingerprint density at radius 3 is 2.45 bits per heavy atom. The van der Waals surface area contributed by atoms with E-state index in [0.29, 0.717) is 25.9 Å². The maximum Gasteiger partial charge on any atom is 0.245 e. The number of nitrogens with one attached hydrogen (secondary N) is 2. The van der Waals surface area contributed by atoms with Crippen molar-refractivity contribution in [1.82, 2.24) is 25.2 Å². The minimum Gasteiger partial charge on any atom is -0.344 e. The number of likely N-dealkylation sites (tertiary alicyclic amines) is 1. The van der Waals surface area contributed by atoms with Gasteiger partial charge in [-0.15, -0.1) is 0 Å². The molecular formula is C25H26N6O2. The van der Waals surface area contributed by atoms with Crippen molar-refractivity contribution in [2.75, 3.05) is 18.4 Å². The lowest BCUT2D eigenvalue weighted by atomic mass is 9.95. The lowest BCUT2D eigenvalue weighted by molar-refractivity contribution is -0.135. The molecule has 5 rings (SSSR count). The van der Waals surface area contributed by atoms with Crippen LogP contribution in [0.1, 0.15) is 37.4 Å². The third kappa shape index (κ3) is 4.84. The fraction of sp³-hybridized carbons (Fsp3) is 0.320. The van der Waals surface area contributed by atoms with Gasteiger partial charge in [-0.2, -0.15) is 0 Å². The van der Waals surface area contributed by atoms with Crippen molar-refractivity contribution in [3.05, 3.63) is 66.7 Å². The molecule has 2 aliphatic heterocycles. The van der Waals surface area contributed by atoms with Gasteiger partial charge < -0.3 is 15.5 Å². The highest BCUT2D eigenvalue weighted by Crippen LogP contribution is 2.30. The Kier molecular flexibility index (Phi) is 5.97. The van der Waals surface area contributed by atoms with Crippen molar-refractivity contribution in [3.8, 4) is 11.3 Å². The molecule has 4 heterocycles. The molecule has 0 saturated carbocycles. The van der Waals surface area contributed by atoms with Gasteiger partial charge in [-0.3, -0.25) is 14.6 Å². The first-order valence-corrected chi connectivity index (χ1v) is 11.4. The molecular weight excluding hydrogens is 416 g/mol. The van der Waals surface area contributed by atoms with Gasteiger partial charge in [0.25, 0.3) is 0 Å². The number of aromatic nitrogens is 3. The fourth-order valence-corrected chi connectivity index (χ4v) is 4.43.